The van der Waals surface area contributed by atoms with Crippen LogP contribution in [0.1, 0.15) is 22.8 Å². The highest BCUT2D eigenvalue weighted by Gasteiger charge is 2.24. The number of hydrogen-bond acceptors (Lipinski definition) is 1. The van der Waals surface area contributed by atoms with Crippen molar-refractivity contribution in [1.29, 1.82) is 0 Å². The van der Waals surface area contributed by atoms with Crippen LogP contribution in [0.4, 0.5) is 8.78 Å². The molecule has 2 nitrogen and oxygen atoms in total. The minimum absolute atomic E-state index is 0.0627. The lowest BCUT2D eigenvalue weighted by molar-refractivity contribution is 0.0175. The van der Waals surface area contributed by atoms with E-state index >= 15 is 0 Å². The van der Waals surface area contributed by atoms with Gasteiger partial charge in [0.15, 0.2) is 0 Å². The van der Waals surface area contributed by atoms with E-state index in [0.29, 0.717) is 11.1 Å². The summed E-state index contributed by atoms with van der Waals surface area (Å²) < 4.78 is 26.5. The quantitative estimate of drug-likeness (QED) is 0.901. The molecule has 0 heterocycles. The molecule has 0 atom stereocenters. The Balaban J connectivity index is 2.39. The Morgan fingerprint density at radius 2 is 1.68 bits per heavy atom. The molecule has 1 N–H and O–H groups in total. The Morgan fingerprint density at radius 3 is 2.21 bits per heavy atom. The summed E-state index contributed by atoms with van der Waals surface area (Å²) in [5, 5.41) is 8.80. The van der Waals surface area contributed by atoms with E-state index in [-0.39, 0.29) is 11.1 Å². The third-order valence-corrected chi connectivity index (χ3v) is 2.83. The second-order valence-electron chi connectivity index (χ2n) is 4.35. The van der Waals surface area contributed by atoms with Crippen LogP contribution in [0.5, 0.6) is 0 Å². The number of carboxylic acids is 1. The van der Waals surface area contributed by atoms with Gasteiger partial charge >= 0.3 is 5.97 Å². The molecule has 0 aliphatic heterocycles. The van der Waals surface area contributed by atoms with E-state index < -0.39 is 11.9 Å². The molecule has 4 heteroatoms. The fourth-order valence-electron chi connectivity index (χ4n) is 1.78. The molecule has 0 spiro atoms. The number of benzene rings is 2. The normalized spacial score (nSPS) is 11.3. The Labute approximate surface area is 109 Å². The second-order valence-corrected chi connectivity index (χ2v) is 4.35. The molecule has 19 heavy (non-hydrogen) atoms. The number of carbonyl (C=O) groups is 1. The topological polar surface area (TPSA) is 37.3 Å². The van der Waals surface area contributed by atoms with Gasteiger partial charge in [0.1, 0.15) is 0 Å². The first-order valence-electron chi connectivity index (χ1n) is 5.70. The Kier molecular flexibility index (Phi) is 3.34. The van der Waals surface area contributed by atoms with Gasteiger partial charge in [0.2, 0.25) is 0 Å². The first-order chi connectivity index (χ1) is 8.88. The number of aromatic carboxylic acids is 1. The highest BCUT2D eigenvalue weighted by molar-refractivity contribution is 5.88. The van der Waals surface area contributed by atoms with Crippen molar-refractivity contribution in [1.82, 2.24) is 0 Å². The summed E-state index contributed by atoms with van der Waals surface area (Å²) in [5.74, 6) is -3.91. The van der Waals surface area contributed by atoms with E-state index in [1.807, 2.05) is 0 Å². The van der Waals surface area contributed by atoms with Gasteiger partial charge in [-0.15, -0.1) is 0 Å². The number of halogens is 2. The third-order valence-electron chi connectivity index (χ3n) is 2.83. The standard InChI is InChI=1S/C15H12F2O2/c1-15(16,17)13-4-2-3-12(9-13)10-5-7-11(8-6-10)14(18)19/h2-9H,1H3,(H,18,19). The molecule has 0 amide bonds. The molecule has 0 saturated carbocycles. The van der Waals surface area contributed by atoms with Crippen LogP contribution in [0, 0.1) is 0 Å². The van der Waals surface area contributed by atoms with Crippen LogP contribution < -0.4 is 0 Å². The molecule has 2 aromatic carbocycles. The van der Waals surface area contributed by atoms with Crippen LogP contribution >= 0.6 is 0 Å². The van der Waals surface area contributed by atoms with Gasteiger partial charge in [0.25, 0.3) is 5.92 Å². The average molecular weight is 262 g/mol. The van der Waals surface area contributed by atoms with Crippen molar-refractivity contribution in [3.8, 4) is 11.1 Å². The van der Waals surface area contributed by atoms with Crippen LogP contribution in [-0.2, 0) is 5.92 Å². The van der Waals surface area contributed by atoms with Crippen molar-refractivity contribution in [2.45, 2.75) is 12.8 Å². The maximum Gasteiger partial charge on any atom is 0.335 e. The molecule has 0 unspecified atom stereocenters. The van der Waals surface area contributed by atoms with Gasteiger partial charge in [-0.1, -0.05) is 30.3 Å². The van der Waals surface area contributed by atoms with Gasteiger partial charge in [-0.2, -0.15) is 0 Å². The van der Waals surface area contributed by atoms with Gasteiger partial charge in [-0.3, -0.25) is 0 Å². The monoisotopic (exact) mass is 262 g/mol. The summed E-state index contributed by atoms with van der Waals surface area (Å²) in [6.45, 7) is 0.847. The van der Waals surface area contributed by atoms with Gasteiger partial charge < -0.3 is 5.11 Å². The second kappa shape index (κ2) is 4.80. The summed E-state index contributed by atoms with van der Waals surface area (Å²) in [5.41, 5.74) is 1.44. The smallest absolute Gasteiger partial charge is 0.335 e. The van der Waals surface area contributed by atoms with Gasteiger partial charge in [-0.05, 0) is 29.3 Å². The maximum atomic E-state index is 13.2. The lowest BCUT2D eigenvalue weighted by Gasteiger charge is -2.12. The van der Waals surface area contributed by atoms with Crippen molar-refractivity contribution >= 4 is 5.97 Å². The van der Waals surface area contributed by atoms with Crippen molar-refractivity contribution in [2.75, 3.05) is 0 Å². The fraction of sp³-hybridized carbons (Fsp3) is 0.133. The first-order valence-corrected chi connectivity index (χ1v) is 5.70. The van der Waals surface area contributed by atoms with Crippen LogP contribution in [0.3, 0.4) is 0 Å². The third kappa shape index (κ3) is 2.96. The lowest BCUT2D eigenvalue weighted by Crippen LogP contribution is -2.06. The number of hydrogen-bond donors (Lipinski definition) is 1. The van der Waals surface area contributed by atoms with Crippen LogP contribution in [0.15, 0.2) is 48.5 Å². The largest absolute Gasteiger partial charge is 0.478 e. The van der Waals surface area contributed by atoms with E-state index in [1.165, 1.54) is 24.3 Å². The minimum Gasteiger partial charge on any atom is -0.478 e. The Hall–Kier alpha value is -2.23. The van der Waals surface area contributed by atoms with E-state index in [0.717, 1.165) is 6.92 Å². The predicted molar refractivity (Wildman–Crippen MR) is 68.4 cm³/mol. The summed E-state index contributed by atoms with van der Waals surface area (Å²) in [6.07, 6.45) is 0. The number of rotatable bonds is 3. The Morgan fingerprint density at radius 1 is 1.05 bits per heavy atom. The SMILES string of the molecule is CC(F)(F)c1cccc(-c2ccc(C(=O)O)cc2)c1. The molecular weight excluding hydrogens is 250 g/mol. The van der Waals surface area contributed by atoms with Crippen molar-refractivity contribution in [2.24, 2.45) is 0 Å². The van der Waals surface area contributed by atoms with Gasteiger partial charge in [-0.25, -0.2) is 13.6 Å². The highest BCUT2D eigenvalue weighted by Crippen LogP contribution is 2.30. The molecule has 0 saturated heterocycles. The van der Waals surface area contributed by atoms with Gasteiger partial charge in [0.05, 0.1) is 5.56 Å². The predicted octanol–water partition coefficient (Wildman–Crippen LogP) is 4.16. The number of alkyl halides is 2. The number of carboxylic acid groups (broad SMARTS) is 1. The molecule has 0 radical (unpaired) electrons. The minimum atomic E-state index is -2.89. The van der Waals surface area contributed by atoms with Crippen molar-refractivity contribution < 1.29 is 18.7 Å². The molecule has 0 aliphatic carbocycles. The molecule has 2 aromatic rings. The molecule has 2 rings (SSSR count). The summed E-state index contributed by atoms with van der Waals surface area (Å²) in [6, 6.07) is 12.2. The summed E-state index contributed by atoms with van der Waals surface area (Å²) in [7, 11) is 0. The van der Waals surface area contributed by atoms with Gasteiger partial charge in [0, 0.05) is 12.5 Å². The maximum absolute atomic E-state index is 13.2. The zero-order chi connectivity index (χ0) is 14.0. The molecule has 98 valence electrons. The van der Waals surface area contributed by atoms with E-state index in [9.17, 15) is 13.6 Å². The zero-order valence-electron chi connectivity index (χ0n) is 10.2. The molecule has 0 aromatic heterocycles. The van der Waals surface area contributed by atoms with Crippen LogP contribution in [0.25, 0.3) is 11.1 Å². The Bertz CT molecular complexity index is 598. The van der Waals surface area contributed by atoms with Crippen LogP contribution in [0.2, 0.25) is 0 Å². The highest BCUT2D eigenvalue weighted by atomic mass is 19.3. The van der Waals surface area contributed by atoms with Crippen LogP contribution in [-0.4, -0.2) is 11.1 Å². The summed E-state index contributed by atoms with van der Waals surface area (Å²) >= 11 is 0. The molecular formula is C15H12F2O2. The van der Waals surface area contributed by atoms with E-state index in [4.69, 9.17) is 5.11 Å². The van der Waals surface area contributed by atoms with E-state index in [2.05, 4.69) is 0 Å². The van der Waals surface area contributed by atoms with Crippen molar-refractivity contribution in [3.63, 3.8) is 0 Å². The first kappa shape index (κ1) is 13.2. The molecule has 0 aliphatic rings. The molecule has 0 fully saturated rings. The lowest BCUT2D eigenvalue weighted by atomic mass is 10.00. The zero-order valence-corrected chi connectivity index (χ0v) is 10.2. The van der Waals surface area contributed by atoms with Crippen molar-refractivity contribution in [3.05, 3.63) is 59.7 Å². The average Bonchev–Trinajstić information content (AvgIpc) is 2.38. The molecule has 0 bridgehead atoms. The van der Waals surface area contributed by atoms with E-state index in [1.54, 1.807) is 24.3 Å². The summed E-state index contributed by atoms with van der Waals surface area (Å²) in [4.78, 5) is 10.7. The fourth-order valence-corrected chi connectivity index (χ4v) is 1.78.